The Balaban J connectivity index is 2.64. The molecular weight excluding hydrogens is 400 g/mol. The van der Waals surface area contributed by atoms with Gasteiger partial charge in [0.05, 0.1) is 0 Å². The summed E-state index contributed by atoms with van der Waals surface area (Å²) in [6, 6.07) is 5.27. The number of unbranched alkanes of at least 4 members (excludes halogenated alkanes) is 2. The highest BCUT2D eigenvalue weighted by atomic mass is 16.2. The number of anilines is 2. The van der Waals surface area contributed by atoms with Crippen molar-refractivity contribution in [3.05, 3.63) is 23.8 Å². The van der Waals surface area contributed by atoms with Crippen molar-refractivity contribution in [1.29, 1.82) is 0 Å². The Labute approximate surface area is 195 Å². The molecular formula is C26H46N4O2. The fraction of sp³-hybridized carbons (Fsp3) is 0.692. The van der Waals surface area contributed by atoms with E-state index in [2.05, 4.69) is 55.9 Å². The summed E-state index contributed by atoms with van der Waals surface area (Å²) in [7, 11) is 0. The molecule has 0 saturated carbocycles. The largest absolute Gasteiger partial charge is 0.338 e. The molecule has 2 atom stereocenters. The third-order valence-corrected chi connectivity index (χ3v) is 6.19. The quantitative estimate of drug-likeness (QED) is 0.236. The lowest BCUT2D eigenvalue weighted by Gasteiger charge is -2.18. The van der Waals surface area contributed by atoms with E-state index in [1.807, 2.05) is 18.2 Å². The molecule has 4 amide bonds. The minimum atomic E-state index is -0.207. The predicted octanol–water partition coefficient (Wildman–Crippen LogP) is 6.92. The molecule has 0 aliphatic rings. The van der Waals surface area contributed by atoms with Gasteiger partial charge in [0.15, 0.2) is 0 Å². The van der Waals surface area contributed by atoms with E-state index in [4.69, 9.17) is 0 Å². The highest BCUT2D eigenvalue weighted by molar-refractivity contribution is 5.93. The molecule has 0 spiro atoms. The zero-order chi connectivity index (χ0) is 23.8. The van der Waals surface area contributed by atoms with Crippen LogP contribution in [0.1, 0.15) is 91.5 Å². The first kappa shape index (κ1) is 27.8. The highest BCUT2D eigenvalue weighted by Crippen LogP contribution is 2.22. The molecule has 6 nitrogen and oxygen atoms in total. The van der Waals surface area contributed by atoms with Crippen molar-refractivity contribution in [1.82, 2.24) is 10.6 Å². The van der Waals surface area contributed by atoms with Crippen LogP contribution in [0.25, 0.3) is 0 Å². The van der Waals surface area contributed by atoms with Gasteiger partial charge >= 0.3 is 12.1 Å². The molecule has 182 valence electrons. The van der Waals surface area contributed by atoms with Crippen molar-refractivity contribution in [3.63, 3.8) is 0 Å². The van der Waals surface area contributed by atoms with E-state index in [0.717, 1.165) is 43.4 Å². The lowest BCUT2D eigenvalue weighted by Crippen LogP contribution is -2.34. The second kappa shape index (κ2) is 16.4. The maximum atomic E-state index is 12.5. The molecule has 1 aromatic rings. The lowest BCUT2D eigenvalue weighted by molar-refractivity contribution is 0.248. The first-order chi connectivity index (χ1) is 15.5. The monoisotopic (exact) mass is 446 g/mol. The lowest BCUT2D eigenvalue weighted by atomic mass is 9.99. The average Bonchev–Trinajstić information content (AvgIpc) is 2.79. The molecule has 1 aromatic carbocycles. The third-order valence-electron chi connectivity index (χ3n) is 6.19. The van der Waals surface area contributed by atoms with Crippen LogP contribution in [0.15, 0.2) is 18.2 Å². The fourth-order valence-corrected chi connectivity index (χ4v) is 3.78. The Hall–Kier alpha value is -2.24. The SMILES string of the molecule is CCCCC(CC)CNC(=O)Nc1ccc(CC)c(NC(=O)NCC(CC)CCCC)c1. The van der Waals surface area contributed by atoms with Gasteiger partial charge in [-0.15, -0.1) is 0 Å². The van der Waals surface area contributed by atoms with Crippen LogP contribution in [0.3, 0.4) is 0 Å². The van der Waals surface area contributed by atoms with E-state index in [1.54, 1.807) is 0 Å². The van der Waals surface area contributed by atoms with Crippen molar-refractivity contribution in [2.45, 2.75) is 92.4 Å². The smallest absolute Gasteiger partial charge is 0.319 e. The Morgan fingerprint density at radius 3 is 1.78 bits per heavy atom. The van der Waals surface area contributed by atoms with E-state index in [1.165, 1.54) is 25.7 Å². The molecule has 0 saturated heterocycles. The summed E-state index contributed by atoms with van der Waals surface area (Å²) in [4.78, 5) is 24.9. The van der Waals surface area contributed by atoms with Crippen LogP contribution in [0.5, 0.6) is 0 Å². The predicted molar refractivity (Wildman–Crippen MR) is 136 cm³/mol. The topological polar surface area (TPSA) is 82.3 Å². The zero-order valence-corrected chi connectivity index (χ0v) is 21.0. The van der Waals surface area contributed by atoms with E-state index in [9.17, 15) is 9.59 Å². The van der Waals surface area contributed by atoms with Gasteiger partial charge < -0.3 is 21.3 Å². The minimum Gasteiger partial charge on any atom is -0.338 e. The number of carbonyl (C=O) groups is 2. The minimum absolute atomic E-state index is 0.196. The molecule has 2 unspecified atom stereocenters. The molecule has 0 heterocycles. The number of rotatable bonds is 15. The maximum Gasteiger partial charge on any atom is 0.319 e. The molecule has 0 aliphatic carbocycles. The van der Waals surface area contributed by atoms with Crippen LogP contribution in [0, 0.1) is 11.8 Å². The summed E-state index contributed by atoms with van der Waals surface area (Å²) in [6.07, 6.45) is 9.92. The van der Waals surface area contributed by atoms with E-state index in [-0.39, 0.29) is 12.1 Å². The number of benzene rings is 1. The van der Waals surface area contributed by atoms with Crippen molar-refractivity contribution < 1.29 is 9.59 Å². The van der Waals surface area contributed by atoms with E-state index in [0.29, 0.717) is 30.6 Å². The van der Waals surface area contributed by atoms with Crippen LogP contribution in [0.4, 0.5) is 21.0 Å². The van der Waals surface area contributed by atoms with Crippen molar-refractivity contribution >= 4 is 23.4 Å². The Kier molecular flexibility index (Phi) is 14.2. The van der Waals surface area contributed by atoms with Gasteiger partial charge in [0.25, 0.3) is 0 Å². The molecule has 0 bridgehead atoms. The molecule has 0 radical (unpaired) electrons. The molecule has 6 heteroatoms. The second-order valence-electron chi connectivity index (χ2n) is 8.73. The van der Waals surface area contributed by atoms with E-state index < -0.39 is 0 Å². The first-order valence-electron chi connectivity index (χ1n) is 12.7. The summed E-state index contributed by atoms with van der Waals surface area (Å²) in [5.41, 5.74) is 2.44. The molecule has 4 N–H and O–H groups in total. The molecule has 0 fully saturated rings. The van der Waals surface area contributed by atoms with Gasteiger partial charge in [-0.05, 0) is 48.8 Å². The van der Waals surface area contributed by atoms with Crippen molar-refractivity contribution in [2.24, 2.45) is 11.8 Å². The molecule has 0 aromatic heterocycles. The van der Waals surface area contributed by atoms with Crippen molar-refractivity contribution in [2.75, 3.05) is 23.7 Å². The van der Waals surface area contributed by atoms with Gasteiger partial charge in [-0.1, -0.05) is 79.2 Å². The van der Waals surface area contributed by atoms with Gasteiger partial charge in [0.2, 0.25) is 0 Å². The summed E-state index contributed by atoms with van der Waals surface area (Å²) in [6.45, 7) is 12.1. The van der Waals surface area contributed by atoms with Crippen LogP contribution in [-0.2, 0) is 6.42 Å². The average molecular weight is 447 g/mol. The number of aryl methyl sites for hydroxylation is 1. The first-order valence-corrected chi connectivity index (χ1v) is 12.7. The van der Waals surface area contributed by atoms with Gasteiger partial charge in [-0.25, -0.2) is 9.59 Å². The van der Waals surface area contributed by atoms with Crippen LogP contribution < -0.4 is 21.3 Å². The summed E-state index contributed by atoms with van der Waals surface area (Å²) in [5, 5.41) is 11.9. The molecule has 32 heavy (non-hydrogen) atoms. The van der Waals surface area contributed by atoms with E-state index >= 15 is 0 Å². The number of nitrogens with one attached hydrogen (secondary N) is 4. The summed E-state index contributed by atoms with van der Waals surface area (Å²) >= 11 is 0. The summed E-state index contributed by atoms with van der Waals surface area (Å²) in [5.74, 6) is 1.01. The third kappa shape index (κ3) is 10.9. The number of hydrogen-bond donors (Lipinski definition) is 4. The molecule has 0 aliphatic heterocycles. The number of carbonyl (C=O) groups excluding carboxylic acids is 2. The van der Waals surface area contributed by atoms with Crippen LogP contribution >= 0.6 is 0 Å². The Morgan fingerprint density at radius 2 is 1.31 bits per heavy atom. The Morgan fingerprint density at radius 1 is 0.781 bits per heavy atom. The Bertz CT molecular complexity index is 678. The normalized spacial score (nSPS) is 12.7. The number of hydrogen-bond acceptors (Lipinski definition) is 2. The number of urea groups is 2. The van der Waals surface area contributed by atoms with Crippen LogP contribution in [0.2, 0.25) is 0 Å². The standard InChI is InChI=1S/C26H46N4O2/c1-6-11-13-20(8-3)18-27-25(31)29-23-16-15-22(10-5)24(17-23)30-26(32)28-19-21(9-4)14-12-7-2/h15-17,20-21H,6-14,18-19H2,1-5H3,(H2,27,29,31)(H2,28,30,32). The van der Waals surface area contributed by atoms with Gasteiger partial charge in [-0.3, -0.25) is 0 Å². The maximum absolute atomic E-state index is 12.5. The summed E-state index contributed by atoms with van der Waals surface area (Å²) < 4.78 is 0. The van der Waals surface area contributed by atoms with Gasteiger partial charge in [0, 0.05) is 24.5 Å². The van der Waals surface area contributed by atoms with Crippen LogP contribution in [-0.4, -0.2) is 25.2 Å². The van der Waals surface area contributed by atoms with Crippen molar-refractivity contribution in [3.8, 4) is 0 Å². The second-order valence-corrected chi connectivity index (χ2v) is 8.73. The zero-order valence-electron chi connectivity index (χ0n) is 21.0. The van der Waals surface area contributed by atoms with Gasteiger partial charge in [0.1, 0.15) is 0 Å². The fourth-order valence-electron chi connectivity index (χ4n) is 3.78. The number of amides is 4. The highest BCUT2D eigenvalue weighted by Gasteiger charge is 2.12. The molecule has 1 rings (SSSR count). The van der Waals surface area contributed by atoms with Gasteiger partial charge in [-0.2, -0.15) is 0 Å².